The van der Waals surface area contributed by atoms with Crippen LogP contribution in [0, 0.1) is 0 Å². The van der Waals surface area contributed by atoms with Crippen LogP contribution in [0.4, 0.5) is 23.3 Å². The Morgan fingerprint density at radius 2 is 1.62 bits per heavy atom. The SMILES string of the molecule is CCc1ccc(Nc2nc(N)nc(CN3CCN(c4ccccc4)CC3)n2)cc1. The number of nitrogens with one attached hydrogen (secondary N) is 1. The highest BCUT2D eigenvalue weighted by Gasteiger charge is 2.18. The van der Waals surface area contributed by atoms with E-state index in [1.807, 2.05) is 12.1 Å². The Bertz CT molecular complexity index is 920. The van der Waals surface area contributed by atoms with E-state index in [-0.39, 0.29) is 5.95 Å². The number of piperazine rings is 1. The summed E-state index contributed by atoms with van der Waals surface area (Å²) in [7, 11) is 0. The number of aromatic nitrogens is 3. The lowest BCUT2D eigenvalue weighted by Crippen LogP contribution is -2.46. The monoisotopic (exact) mass is 389 g/mol. The number of nitrogens with two attached hydrogens (primary N) is 1. The molecular formula is C22H27N7. The van der Waals surface area contributed by atoms with Gasteiger partial charge in [-0.3, -0.25) is 4.90 Å². The molecule has 7 nitrogen and oxygen atoms in total. The molecule has 0 aliphatic carbocycles. The Balaban J connectivity index is 1.38. The van der Waals surface area contributed by atoms with Crippen LogP contribution in [-0.2, 0) is 13.0 Å². The summed E-state index contributed by atoms with van der Waals surface area (Å²) < 4.78 is 0. The summed E-state index contributed by atoms with van der Waals surface area (Å²) >= 11 is 0. The smallest absolute Gasteiger partial charge is 0.232 e. The van der Waals surface area contributed by atoms with Crippen molar-refractivity contribution in [1.29, 1.82) is 0 Å². The van der Waals surface area contributed by atoms with Crippen LogP contribution in [-0.4, -0.2) is 46.0 Å². The van der Waals surface area contributed by atoms with Crippen LogP contribution in [0.1, 0.15) is 18.3 Å². The quantitative estimate of drug-likeness (QED) is 0.670. The molecule has 2 aromatic carbocycles. The van der Waals surface area contributed by atoms with Crippen molar-refractivity contribution in [3.63, 3.8) is 0 Å². The lowest BCUT2D eigenvalue weighted by atomic mass is 10.1. The van der Waals surface area contributed by atoms with Gasteiger partial charge in [0, 0.05) is 37.6 Å². The molecule has 0 saturated carbocycles. The summed E-state index contributed by atoms with van der Waals surface area (Å²) in [6.07, 6.45) is 1.01. The van der Waals surface area contributed by atoms with Crippen LogP contribution < -0.4 is 16.0 Å². The molecule has 0 atom stereocenters. The van der Waals surface area contributed by atoms with E-state index in [0.29, 0.717) is 18.3 Å². The molecule has 4 rings (SSSR count). The van der Waals surface area contributed by atoms with Crippen molar-refractivity contribution in [2.75, 3.05) is 42.1 Å². The second-order valence-corrected chi connectivity index (χ2v) is 7.21. The Hall–Kier alpha value is -3.19. The molecule has 3 N–H and O–H groups in total. The minimum atomic E-state index is 0.241. The molecule has 1 saturated heterocycles. The number of nitrogen functional groups attached to an aromatic ring is 1. The maximum atomic E-state index is 5.93. The van der Waals surface area contributed by atoms with Gasteiger partial charge in [0.1, 0.15) is 5.82 Å². The number of para-hydroxylation sites is 1. The van der Waals surface area contributed by atoms with Gasteiger partial charge in [-0.25, -0.2) is 0 Å². The van der Waals surface area contributed by atoms with Crippen molar-refractivity contribution < 1.29 is 0 Å². The summed E-state index contributed by atoms with van der Waals surface area (Å²) in [6, 6.07) is 18.8. The van der Waals surface area contributed by atoms with Gasteiger partial charge < -0.3 is 16.0 Å². The fourth-order valence-corrected chi connectivity index (χ4v) is 3.52. The number of rotatable bonds is 6. The van der Waals surface area contributed by atoms with Gasteiger partial charge in [0.05, 0.1) is 6.54 Å². The van der Waals surface area contributed by atoms with Gasteiger partial charge in [0.25, 0.3) is 0 Å². The topological polar surface area (TPSA) is 83.2 Å². The first-order valence-corrected chi connectivity index (χ1v) is 10.1. The van der Waals surface area contributed by atoms with Gasteiger partial charge in [0.2, 0.25) is 11.9 Å². The molecule has 2 heterocycles. The van der Waals surface area contributed by atoms with E-state index in [4.69, 9.17) is 5.73 Å². The number of aryl methyl sites for hydroxylation is 1. The first-order valence-electron chi connectivity index (χ1n) is 10.1. The van der Waals surface area contributed by atoms with Gasteiger partial charge in [-0.1, -0.05) is 37.3 Å². The van der Waals surface area contributed by atoms with Gasteiger partial charge >= 0.3 is 0 Å². The van der Waals surface area contributed by atoms with E-state index in [9.17, 15) is 0 Å². The molecule has 1 aromatic heterocycles. The third-order valence-electron chi connectivity index (χ3n) is 5.18. The van der Waals surface area contributed by atoms with Crippen LogP contribution >= 0.6 is 0 Å². The molecule has 29 heavy (non-hydrogen) atoms. The van der Waals surface area contributed by atoms with E-state index < -0.39 is 0 Å². The van der Waals surface area contributed by atoms with Crippen LogP contribution in [0.3, 0.4) is 0 Å². The summed E-state index contributed by atoms with van der Waals surface area (Å²) in [5.74, 6) is 1.42. The van der Waals surface area contributed by atoms with E-state index in [0.717, 1.165) is 38.3 Å². The number of benzene rings is 2. The fourth-order valence-electron chi connectivity index (χ4n) is 3.52. The lowest BCUT2D eigenvalue weighted by molar-refractivity contribution is 0.244. The maximum absolute atomic E-state index is 5.93. The Labute approximate surface area is 171 Å². The predicted molar refractivity (Wildman–Crippen MR) is 117 cm³/mol. The second kappa shape index (κ2) is 8.87. The standard InChI is InChI=1S/C22H27N7/c1-2-17-8-10-18(11-9-17)24-22-26-20(25-21(23)27-22)16-28-12-14-29(15-13-28)19-6-4-3-5-7-19/h3-11H,2,12-16H2,1H3,(H3,23,24,25,26,27). The van der Waals surface area contributed by atoms with Crippen LogP contribution in [0.2, 0.25) is 0 Å². The Kier molecular flexibility index (Phi) is 5.86. The number of anilines is 4. The first kappa shape index (κ1) is 19.1. The first-order chi connectivity index (χ1) is 14.2. The molecule has 150 valence electrons. The molecule has 1 aliphatic rings. The van der Waals surface area contributed by atoms with E-state index in [2.05, 4.69) is 79.5 Å². The van der Waals surface area contributed by atoms with E-state index in [1.165, 1.54) is 11.3 Å². The van der Waals surface area contributed by atoms with Crippen molar-refractivity contribution in [3.8, 4) is 0 Å². The normalized spacial score (nSPS) is 14.7. The minimum absolute atomic E-state index is 0.241. The van der Waals surface area contributed by atoms with Crippen molar-refractivity contribution in [2.24, 2.45) is 0 Å². The largest absolute Gasteiger partial charge is 0.369 e. The highest BCUT2D eigenvalue weighted by Crippen LogP contribution is 2.18. The molecule has 0 unspecified atom stereocenters. The number of hydrogen-bond donors (Lipinski definition) is 2. The zero-order valence-electron chi connectivity index (χ0n) is 16.8. The van der Waals surface area contributed by atoms with E-state index >= 15 is 0 Å². The summed E-state index contributed by atoms with van der Waals surface area (Å²) in [4.78, 5) is 17.9. The molecule has 1 fully saturated rings. The van der Waals surface area contributed by atoms with Crippen molar-refractivity contribution in [2.45, 2.75) is 19.9 Å². The molecule has 7 heteroatoms. The summed E-state index contributed by atoms with van der Waals surface area (Å²) in [5.41, 5.74) is 9.44. The van der Waals surface area contributed by atoms with Gasteiger partial charge in [0.15, 0.2) is 0 Å². The zero-order valence-corrected chi connectivity index (χ0v) is 16.8. The maximum Gasteiger partial charge on any atom is 0.232 e. The third-order valence-corrected chi connectivity index (χ3v) is 5.18. The van der Waals surface area contributed by atoms with Crippen molar-refractivity contribution in [3.05, 3.63) is 66.0 Å². The van der Waals surface area contributed by atoms with Gasteiger partial charge in [-0.05, 0) is 36.2 Å². The van der Waals surface area contributed by atoms with Gasteiger partial charge in [-0.2, -0.15) is 15.0 Å². The van der Waals surface area contributed by atoms with Crippen LogP contribution in [0.15, 0.2) is 54.6 Å². The molecule has 0 amide bonds. The third kappa shape index (κ3) is 5.00. The van der Waals surface area contributed by atoms with Crippen LogP contribution in [0.5, 0.6) is 0 Å². The Morgan fingerprint density at radius 3 is 2.31 bits per heavy atom. The lowest BCUT2D eigenvalue weighted by Gasteiger charge is -2.35. The fraction of sp³-hybridized carbons (Fsp3) is 0.318. The highest BCUT2D eigenvalue weighted by molar-refractivity contribution is 5.54. The minimum Gasteiger partial charge on any atom is -0.369 e. The average Bonchev–Trinajstić information content (AvgIpc) is 2.75. The zero-order chi connectivity index (χ0) is 20.1. The summed E-state index contributed by atoms with van der Waals surface area (Å²) in [6.45, 7) is 6.70. The van der Waals surface area contributed by atoms with E-state index in [1.54, 1.807) is 0 Å². The Morgan fingerprint density at radius 1 is 0.897 bits per heavy atom. The van der Waals surface area contributed by atoms with Crippen molar-refractivity contribution >= 4 is 23.3 Å². The number of hydrogen-bond acceptors (Lipinski definition) is 7. The molecule has 0 bridgehead atoms. The number of nitrogens with zero attached hydrogens (tertiary/aromatic N) is 5. The second-order valence-electron chi connectivity index (χ2n) is 7.21. The highest BCUT2D eigenvalue weighted by atomic mass is 15.3. The molecule has 0 radical (unpaired) electrons. The molecular weight excluding hydrogens is 362 g/mol. The molecule has 0 spiro atoms. The summed E-state index contributed by atoms with van der Waals surface area (Å²) in [5, 5.41) is 3.23. The predicted octanol–water partition coefficient (Wildman–Crippen LogP) is 3.08. The van der Waals surface area contributed by atoms with Crippen molar-refractivity contribution in [1.82, 2.24) is 19.9 Å². The average molecular weight is 390 g/mol. The van der Waals surface area contributed by atoms with Crippen LogP contribution in [0.25, 0.3) is 0 Å². The van der Waals surface area contributed by atoms with Gasteiger partial charge in [-0.15, -0.1) is 0 Å². The molecule has 1 aliphatic heterocycles. The molecule has 3 aromatic rings.